The molecule has 6 atom stereocenters. The van der Waals surface area contributed by atoms with Gasteiger partial charge in [-0.05, 0) is 40.5 Å². The van der Waals surface area contributed by atoms with Crippen molar-refractivity contribution in [3.63, 3.8) is 0 Å². The Labute approximate surface area is 290 Å². The smallest absolute Gasteiger partial charge is 0.432 e. The fourth-order valence-electron chi connectivity index (χ4n) is 2.26. The Balaban J connectivity index is -0.00000722. The van der Waals surface area contributed by atoms with Gasteiger partial charge >= 0.3 is 24.6 Å². The quantitative estimate of drug-likeness (QED) is 0.154. The molecule has 0 bridgehead atoms. The van der Waals surface area contributed by atoms with Gasteiger partial charge in [0.05, 0.1) is 25.4 Å². The van der Waals surface area contributed by atoms with Gasteiger partial charge in [-0.1, -0.05) is 13.8 Å². The Bertz CT molecular complexity index is 669. The second-order valence-corrected chi connectivity index (χ2v) is 8.62. The Morgan fingerprint density at radius 3 is 1.00 bits per heavy atom. The van der Waals surface area contributed by atoms with Crippen molar-refractivity contribution in [3.05, 3.63) is 0 Å². The summed E-state index contributed by atoms with van der Waals surface area (Å²) >= 11 is 0. The average Bonchev–Trinajstić information content (AvgIpc) is 2.87. The largest absolute Gasteiger partial charge is 0.508 e. The fraction of sp³-hybridized carbons (Fsp3) is 0.833. The minimum absolute atomic E-state index is 0. The third-order valence-electron chi connectivity index (χ3n) is 4.50. The van der Waals surface area contributed by atoms with Crippen LogP contribution in [0.3, 0.4) is 0 Å². The van der Waals surface area contributed by atoms with Crippen LogP contribution < -0.4 is 0 Å². The van der Waals surface area contributed by atoms with E-state index >= 15 is 0 Å². The van der Waals surface area contributed by atoms with E-state index in [0.29, 0.717) is 12.8 Å². The van der Waals surface area contributed by atoms with E-state index in [4.69, 9.17) is 42.6 Å². The molecule has 0 aliphatic carbocycles. The first-order valence-electron chi connectivity index (χ1n) is 12.6. The van der Waals surface area contributed by atoms with E-state index in [-0.39, 0.29) is 105 Å². The predicted molar refractivity (Wildman–Crippen MR) is 131 cm³/mol. The molecule has 41 heavy (non-hydrogen) atoms. The van der Waals surface area contributed by atoms with Crippen LogP contribution in [0.15, 0.2) is 0 Å². The Hall–Kier alpha value is -0.832. The van der Waals surface area contributed by atoms with Crippen LogP contribution in [0, 0.1) is 0 Å². The normalized spacial score (nSPS) is 14.6. The van der Waals surface area contributed by atoms with E-state index in [1.807, 2.05) is 0 Å². The summed E-state index contributed by atoms with van der Waals surface area (Å²) in [4.78, 5) is 46.5. The van der Waals surface area contributed by atoms with Crippen molar-refractivity contribution in [2.24, 2.45) is 0 Å². The van der Waals surface area contributed by atoms with Crippen molar-refractivity contribution in [3.8, 4) is 0 Å². The van der Waals surface area contributed by atoms with Crippen LogP contribution in [0.25, 0.3) is 0 Å². The van der Waals surface area contributed by atoms with Crippen LogP contribution in [0.2, 0.25) is 0 Å². The number of hydrogen-bond acceptors (Lipinski definition) is 15. The predicted octanol–water partition coefficient (Wildman–Crippen LogP) is 2.71. The maximum atomic E-state index is 11.8. The molecule has 0 saturated heterocycles. The third kappa shape index (κ3) is 26.5. The minimum Gasteiger partial charge on any atom is -0.432 e. The Morgan fingerprint density at radius 1 is 0.488 bits per heavy atom. The van der Waals surface area contributed by atoms with Gasteiger partial charge in [0.2, 0.25) is 0 Å². The first-order chi connectivity index (χ1) is 18.4. The summed E-state index contributed by atoms with van der Waals surface area (Å²) in [6.07, 6.45) is -7.78. The molecule has 15 nitrogen and oxygen atoms in total. The fourth-order valence-corrected chi connectivity index (χ4v) is 2.26. The molecule has 0 amide bonds. The van der Waals surface area contributed by atoms with Crippen LogP contribution in [0.5, 0.6) is 0 Å². The molecule has 0 heterocycles. The van der Waals surface area contributed by atoms with Gasteiger partial charge in [-0.2, -0.15) is 0 Å². The van der Waals surface area contributed by atoms with Crippen molar-refractivity contribution in [1.29, 1.82) is 0 Å². The zero-order valence-corrected chi connectivity index (χ0v) is 30.2. The second kappa shape index (κ2) is 26.8. The Morgan fingerprint density at radius 2 is 0.732 bits per heavy atom. The SMILES string of the molecule is CCC(O)COC(=O)OC(C)COC(=O)OC(C)COCC(C)OC(=O)OCC(C)OC(=O)OCC(O)CC.[Y].[Y]. The summed E-state index contributed by atoms with van der Waals surface area (Å²) in [5.74, 6) is 0. The number of aliphatic hydroxyl groups excluding tert-OH is 2. The van der Waals surface area contributed by atoms with Crippen molar-refractivity contribution in [2.75, 3.05) is 39.6 Å². The zero-order chi connectivity index (χ0) is 29.8. The van der Waals surface area contributed by atoms with Crippen LogP contribution in [-0.2, 0) is 108 Å². The summed E-state index contributed by atoms with van der Waals surface area (Å²) in [6, 6.07) is 0. The molecule has 0 aliphatic rings. The van der Waals surface area contributed by atoms with Crippen molar-refractivity contribution >= 4 is 24.6 Å². The van der Waals surface area contributed by atoms with Gasteiger partial charge < -0.3 is 52.8 Å². The molecule has 2 N–H and O–H groups in total. The van der Waals surface area contributed by atoms with E-state index in [2.05, 4.69) is 0 Å². The molecule has 0 aliphatic heterocycles. The second-order valence-electron chi connectivity index (χ2n) is 8.62. The molecule has 2 radical (unpaired) electrons. The monoisotopic (exact) mass is 748 g/mol. The molecule has 0 aromatic rings. The number of rotatable bonds is 18. The number of ether oxygens (including phenoxy) is 9. The number of carbonyl (C=O) groups excluding carboxylic acids is 4. The summed E-state index contributed by atoms with van der Waals surface area (Å²) in [5.41, 5.74) is 0. The maximum Gasteiger partial charge on any atom is 0.508 e. The van der Waals surface area contributed by atoms with E-state index in [9.17, 15) is 29.4 Å². The number of hydrogen-bond donors (Lipinski definition) is 2. The van der Waals surface area contributed by atoms with Crippen LogP contribution in [-0.4, -0.2) is 111 Å². The number of aliphatic hydroxyl groups is 2. The van der Waals surface area contributed by atoms with Gasteiger partial charge in [0.15, 0.2) is 0 Å². The molecule has 0 spiro atoms. The minimum atomic E-state index is -1.01. The van der Waals surface area contributed by atoms with Crippen molar-refractivity contribution < 1.29 is 137 Å². The molecule has 234 valence electrons. The molecule has 0 aromatic heterocycles. The first kappa shape index (κ1) is 44.6. The molecule has 0 saturated carbocycles. The van der Waals surface area contributed by atoms with Gasteiger partial charge in [0.1, 0.15) is 50.8 Å². The molecule has 6 unspecified atom stereocenters. The van der Waals surface area contributed by atoms with E-state index in [0.717, 1.165) is 0 Å². The van der Waals surface area contributed by atoms with Gasteiger partial charge in [-0.15, -0.1) is 0 Å². The van der Waals surface area contributed by atoms with Crippen LogP contribution in [0.4, 0.5) is 19.2 Å². The molecular formula is C24H42O15Y2. The van der Waals surface area contributed by atoms with E-state index in [1.54, 1.807) is 27.7 Å². The van der Waals surface area contributed by atoms with Crippen LogP contribution >= 0.6 is 0 Å². The third-order valence-corrected chi connectivity index (χ3v) is 4.50. The van der Waals surface area contributed by atoms with Crippen molar-refractivity contribution in [2.45, 2.75) is 91.0 Å². The van der Waals surface area contributed by atoms with Gasteiger partial charge in [-0.3, -0.25) is 0 Å². The van der Waals surface area contributed by atoms with E-state index in [1.165, 1.54) is 13.8 Å². The molecule has 17 heteroatoms. The van der Waals surface area contributed by atoms with E-state index < -0.39 is 61.2 Å². The maximum absolute atomic E-state index is 11.8. The Kier molecular flexibility index (Phi) is 29.1. The van der Waals surface area contributed by atoms with Gasteiger partial charge in [0, 0.05) is 65.4 Å². The zero-order valence-electron chi connectivity index (χ0n) is 24.5. The molecule has 0 rings (SSSR count). The molecule has 0 aromatic carbocycles. The molecule has 0 fully saturated rings. The van der Waals surface area contributed by atoms with Crippen molar-refractivity contribution in [1.82, 2.24) is 0 Å². The van der Waals surface area contributed by atoms with Gasteiger partial charge in [-0.25, -0.2) is 19.2 Å². The summed E-state index contributed by atoms with van der Waals surface area (Å²) in [6.45, 7) is 8.48. The summed E-state index contributed by atoms with van der Waals surface area (Å²) in [7, 11) is 0. The summed E-state index contributed by atoms with van der Waals surface area (Å²) < 4.78 is 44.3. The first-order valence-corrected chi connectivity index (χ1v) is 12.6. The average molecular weight is 748 g/mol. The molecular weight excluding hydrogens is 706 g/mol. The summed E-state index contributed by atoms with van der Waals surface area (Å²) in [5, 5.41) is 18.7. The standard InChI is InChI=1S/C24H42O15.2Y/c1-7-19(25)13-34-23(29)38-17(5)11-32-21(27)36-15(3)9-31-10-16(4)37-22(28)33-12-18(6)39-24(30)35-14-20(26)8-2;;/h15-20,25-26H,7-14H2,1-6H3;;. The topological polar surface area (TPSA) is 192 Å². The van der Waals surface area contributed by atoms with Gasteiger partial charge in [0.25, 0.3) is 0 Å². The van der Waals surface area contributed by atoms with Crippen LogP contribution in [0.1, 0.15) is 54.4 Å². The number of carbonyl (C=O) groups is 4.